The zero-order chi connectivity index (χ0) is 21.0. The summed E-state index contributed by atoms with van der Waals surface area (Å²) in [6, 6.07) is 10.4. The highest BCUT2D eigenvalue weighted by Crippen LogP contribution is 2.42. The number of hydrogen-bond donors (Lipinski definition) is 1. The Hall–Kier alpha value is -2.78. The van der Waals surface area contributed by atoms with E-state index in [0.717, 1.165) is 31.7 Å². The Morgan fingerprint density at radius 3 is 2.93 bits per heavy atom. The van der Waals surface area contributed by atoms with E-state index in [4.69, 9.17) is 4.74 Å². The highest BCUT2D eigenvalue weighted by molar-refractivity contribution is 9.10. The second-order valence-electron chi connectivity index (χ2n) is 7.06. The lowest BCUT2D eigenvalue weighted by molar-refractivity contribution is -0.116. The first kappa shape index (κ1) is 19.2. The first-order valence-electron chi connectivity index (χ1n) is 9.24. The van der Waals surface area contributed by atoms with Crippen molar-refractivity contribution >= 4 is 49.2 Å². The van der Waals surface area contributed by atoms with Crippen LogP contribution in [0.25, 0.3) is 15.3 Å². The molecule has 3 heterocycles. The summed E-state index contributed by atoms with van der Waals surface area (Å²) in [5.74, 6) is 0.336. The molecule has 0 radical (unpaired) electrons. The van der Waals surface area contributed by atoms with Crippen molar-refractivity contribution in [1.29, 1.82) is 0 Å². The van der Waals surface area contributed by atoms with E-state index in [1.54, 1.807) is 23.9 Å². The molecule has 0 fully saturated rings. The quantitative estimate of drug-likeness (QED) is 0.433. The minimum atomic E-state index is -0.422. The molecule has 4 aromatic rings. The van der Waals surface area contributed by atoms with Crippen LogP contribution in [-0.2, 0) is 4.79 Å². The van der Waals surface area contributed by atoms with Crippen LogP contribution in [0.1, 0.15) is 29.2 Å². The van der Waals surface area contributed by atoms with Crippen LogP contribution in [0.2, 0.25) is 0 Å². The Bertz CT molecular complexity index is 1320. The van der Waals surface area contributed by atoms with Crippen LogP contribution in [0, 0.1) is 12.7 Å². The van der Waals surface area contributed by atoms with Gasteiger partial charge in [0.1, 0.15) is 17.4 Å². The number of fused-ring (bicyclic) bond motifs is 2. The summed E-state index contributed by atoms with van der Waals surface area (Å²) in [6.45, 7) is 1.87. The van der Waals surface area contributed by atoms with Gasteiger partial charge in [-0.3, -0.25) is 4.79 Å². The van der Waals surface area contributed by atoms with Crippen molar-refractivity contribution in [2.45, 2.75) is 19.3 Å². The molecule has 5 rings (SSSR count). The Morgan fingerprint density at radius 1 is 1.30 bits per heavy atom. The normalized spacial score (nSPS) is 15.9. The highest BCUT2D eigenvalue weighted by Gasteiger charge is 2.34. The van der Waals surface area contributed by atoms with Crippen molar-refractivity contribution in [2.75, 3.05) is 12.4 Å². The lowest BCUT2D eigenvalue weighted by Crippen LogP contribution is -2.25. The van der Waals surface area contributed by atoms with Gasteiger partial charge in [-0.2, -0.15) is 9.78 Å². The number of rotatable bonds is 3. The number of anilines is 1. The molecule has 9 heteroatoms. The number of benzene rings is 2. The largest absolute Gasteiger partial charge is 0.497 e. The van der Waals surface area contributed by atoms with Gasteiger partial charge in [-0.15, -0.1) is 0 Å². The SMILES string of the molecule is COc1ccc2nc(-n3nc(C)c4c3NC(=O)C[C@H]4c3cc(Br)ccc3F)sc2c1. The number of nitrogens with zero attached hydrogens (tertiary/aromatic N) is 3. The molecule has 152 valence electrons. The number of carbonyl (C=O) groups is 1. The van der Waals surface area contributed by atoms with Gasteiger partial charge >= 0.3 is 0 Å². The average molecular weight is 487 g/mol. The minimum Gasteiger partial charge on any atom is -0.497 e. The van der Waals surface area contributed by atoms with E-state index in [2.05, 4.69) is 31.3 Å². The molecule has 0 unspecified atom stereocenters. The van der Waals surface area contributed by atoms with Crippen LogP contribution in [0.5, 0.6) is 5.75 Å². The van der Waals surface area contributed by atoms with Crippen molar-refractivity contribution in [3.63, 3.8) is 0 Å². The fourth-order valence-electron chi connectivity index (χ4n) is 3.84. The first-order valence-corrected chi connectivity index (χ1v) is 10.8. The molecule has 1 amide bonds. The van der Waals surface area contributed by atoms with Gasteiger partial charge in [-0.25, -0.2) is 9.37 Å². The molecule has 30 heavy (non-hydrogen) atoms. The molecule has 0 saturated heterocycles. The average Bonchev–Trinajstić information content (AvgIpc) is 3.29. The first-order chi connectivity index (χ1) is 14.4. The van der Waals surface area contributed by atoms with E-state index in [1.165, 1.54) is 17.4 Å². The monoisotopic (exact) mass is 486 g/mol. The predicted octanol–water partition coefficient (Wildman–Crippen LogP) is 5.17. The van der Waals surface area contributed by atoms with Gasteiger partial charge in [0, 0.05) is 22.4 Å². The van der Waals surface area contributed by atoms with Crippen LogP contribution in [0.4, 0.5) is 10.2 Å². The molecule has 0 spiro atoms. The van der Waals surface area contributed by atoms with E-state index in [1.807, 2.05) is 25.1 Å². The molecule has 1 aliphatic rings. The fraction of sp³-hybridized carbons (Fsp3) is 0.190. The number of hydrogen-bond acceptors (Lipinski definition) is 5. The van der Waals surface area contributed by atoms with E-state index in [-0.39, 0.29) is 18.1 Å². The number of aryl methyl sites for hydroxylation is 1. The second-order valence-corrected chi connectivity index (χ2v) is 8.99. The molecule has 2 aromatic carbocycles. The summed E-state index contributed by atoms with van der Waals surface area (Å²) < 4.78 is 23.3. The Kier molecular flexibility index (Phi) is 4.59. The summed E-state index contributed by atoms with van der Waals surface area (Å²) in [7, 11) is 1.62. The molecule has 1 aliphatic heterocycles. The number of methoxy groups -OCH3 is 1. The summed E-state index contributed by atoms with van der Waals surface area (Å²) in [5.41, 5.74) is 2.82. The van der Waals surface area contributed by atoms with Crippen LogP contribution >= 0.6 is 27.3 Å². The van der Waals surface area contributed by atoms with Gasteiger partial charge in [-0.1, -0.05) is 27.3 Å². The molecule has 2 aromatic heterocycles. The number of ether oxygens (including phenoxy) is 1. The lowest BCUT2D eigenvalue weighted by atomic mass is 9.85. The standard InChI is InChI=1S/C21H16BrFN4O2S/c1-10-19-14(13-7-11(22)3-5-15(13)23)9-18(28)25-20(19)27(26-10)21-24-16-6-4-12(29-2)8-17(16)30-21/h3-8,14H,9H2,1-2H3,(H,25,28)/t14-/m0/s1. The second kappa shape index (κ2) is 7.17. The summed E-state index contributed by atoms with van der Waals surface area (Å²) in [4.78, 5) is 17.2. The van der Waals surface area contributed by atoms with E-state index < -0.39 is 5.92 Å². The van der Waals surface area contributed by atoms with Crippen LogP contribution in [0.3, 0.4) is 0 Å². The number of halogens is 2. The lowest BCUT2D eigenvalue weighted by Gasteiger charge is -2.24. The topological polar surface area (TPSA) is 69.0 Å². The van der Waals surface area contributed by atoms with Crippen LogP contribution < -0.4 is 10.1 Å². The Labute approximate surface area is 183 Å². The molecular formula is C21H16BrFN4O2S. The molecule has 6 nitrogen and oxygen atoms in total. The van der Waals surface area contributed by atoms with Gasteiger partial charge in [0.25, 0.3) is 0 Å². The third kappa shape index (κ3) is 3.09. The number of thiazole rings is 1. The predicted molar refractivity (Wildman–Crippen MR) is 117 cm³/mol. The maximum atomic E-state index is 14.6. The van der Waals surface area contributed by atoms with E-state index >= 15 is 0 Å². The minimum absolute atomic E-state index is 0.157. The summed E-state index contributed by atoms with van der Waals surface area (Å²) in [6.07, 6.45) is 0.157. The van der Waals surface area contributed by atoms with Crippen molar-refractivity contribution in [1.82, 2.24) is 14.8 Å². The molecule has 0 saturated carbocycles. The van der Waals surface area contributed by atoms with Gasteiger partial charge in [0.05, 0.1) is 23.0 Å². The van der Waals surface area contributed by atoms with Crippen molar-refractivity contribution in [3.05, 3.63) is 63.5 Å². The van der Waals surface area contributed by atoms with Gasteiger partial charge in [0.15, 0.2) is 0 Å². The Balaban J connectivity index is 1.67. The molecule has 0 bridgehead atoms. The van der Waals surface area contributed by atoms with Crippen molar-refractivity contribution in [2.24, 2.45) is 0 Å². The van der Waals surface area contributed by atoms with Gasteiger partial charge in [-0.05, 0) is 48.9 Å². The smallest absolute Gasteiger partial charge is 0.226 e. The summed E-state index contributed by atoms with van der Waals surface area (Å²) >= 11 is 4.85. The fourth-order valence-corrected chi connectivity index (χ4v) is 5.17. The third-order valence-corrected chi connectivity index (χ3v) is 6.69. The van der Waals surface area contributed by atoms with Gasteiger partial charge in [0.2, 0.25) is 11.0 Å². The Morgan fingerprint density at radius 2 is 2.13 bits per heavy atom. The molecule has 1 N–H and O–H groups in total. The number of carbonyl (C=O) groups excluding carboxylic acids is 1. The van der Waals surface area contributed by atoms with Crippen molar-refractivity contribution < 1.29 is 13.9 Å². The maximum Gasteiger partial charge on any atom is 0.226 e. The molecule has 0 aliphatic carbocycles. The highest BCUT2D eigenvalue weighted by atomic mass is 79.9. The third-order valence-electron chi connectivity index (χ3n) is 5.20. The van der Waals surface area contributed by atoms with Crippen LogP contribution in [0.15, 0.2) is 40.9 Å². The van der Waals surface area contributed by atoms with E-state index in [9.17, 15) is 9.18 Å². The van der Waals surface area contributed by atoms with E-state index in [0.29, 0.717) is 16.5 Å². The number of aromatic nitrogens is 3. The summed E-state index contributed by atoms with van der Waals surface area (Å²) in [5, 5.41) is 8.19. The van der Waals surface area contributed by atoms with Crippen LogP contribution in [-0.4, -0.2) is 27.8 Å². The molecule has 1 atom stereocenters. The zero-order valence-corrected chi connectivity index (χ0v) is 18.5. The van der Waals surface area contributed by atoms with Crippen molar-refractivity contribution in [3.8, 4) is 10.9 Å². The van der Waals surface area contributed by atoms with Gasteiger partial charge < -0.3 is 10.1 Å². The number of nitrogens with one attached hydrogen (secondary N) is 1. The number of amides is 1. The zero-order valence-electron chi connectivity index (χ0n) is 16.1. The maximum absolute atomic E-state index is 14.6. The molecular weight excluding hydrogens is 471 g/mol.